The standard InChI is InChI=1S/C13H19NO3/c1-3-16-13(15)10-14-8-9-17-12-6-4-11(2)5-7-12/h4-7,14H,3,8-10H2,1-2H3. The summed E-state index contributed by atoms with van der Waals surface area (Å²) in [6.07, 6.45) is 0. The van der Waals surface area contributed by atoms with Crippen LogP contribution in [-0.2, 0) is 9.53 Å². The predicted octanol–water partition coefficient (Wildman–Crippen LogP) is 1.53. The Morgan fingerprint density at radius 3 is 2.65 bits per heavy atom. The van der Waals surface area contributed by atoms with Gasteiger partial charge in [-0.05, 0) is 26.0 Å². The summed E-state index contributed by atoms with van der Waals surface area (Å²) in [4.78, 5) is 11.0. The molecule has 0 aromatic heterocycles. The minimum Gasteiger partial charge on any atom is -0.492 e. The van der Waals surface area contributed by atoms with Gasteiger partial charge in [-0.2, -0.15) is 0 Å². The van der Waals surface area contributed by atoms with Crippen molar-refractivity contribution in [3.05, 3.63) is 29.8 Å². The largest absolute Gasteiger partial charge is 0.492 e. The van der Waals surface area contributed by atoms with E-state index in [9.17, 15) is 4.79 Å². The molecule has 0 aliphatic carbocycles. The van der Waals surface area contributed by atoms with E-state index in [0.717, 1.165) is 5.75 Å². The minimum absolute atomic E-state index is 0.227. The van der Waals surface area contributed by atoms with E-state index in [4.69, 9.17) is 9.47 Å². The van der Waals surface area contributed by atoms with Gasteiger partial charge in [-0.3, -0.25) is 4.79 Å². The highest BCUT2D eigenvalue weighted by molar-refractivity contribution is 5.71. The number of nitrogens with one attached hydrogen (secondary N) is 1. The molecule has 94 valence electrons. The van der Waals surface area contributed by atoms with Gasteiger partial charge in [-0.15, -0.1) is 0 Å². The Bertz CT molecular complexity index is 335. The Morgan fingerprint density at radius 2 is 2.00 bits per heavy atom. The second kappa shape index (κ2) is 7.68. The molecule has 1 N–H and O–H groups in total. The summed E-state index contributed by atoms with van der Waals surface area (Å²) in [7, 11) is 0. The van der Waals surface area contributed by atoms with Gasteiger partial charge in [0.05, 0.1) is 13.2 Å². The van der Waals surface area contributed by atoms with E-state index in [1.165, 1.54) is 5.56 Å². The van der Waals surface area contributed by atoms with E-state index in [1.807, 2.05) is 31.2 Å². The van der Waals surface area contributed by atoms with Crippen LogP contribution < -0.4 is 10.1 Å². The molecule has 0 spiro atoms. The van der Waals surface area contributed by atoms with Crippen LogP contribution in [0, 0.1) is 6.92 Å². The summed E-state index contributed by atoms with van der Waals surface area (Å²) >= 11 is 0. The molecule has 0 amide bonds. The van der Waals surface area contributed by atoms with Crippen LogP contribution in [0.15, 0.2) is 24.3 Å². The molecule has 0 saturated heterocycles. The van der Waals surface area contributed by atoms with Crippen molar-refractivity contribution in [2.24, 2.45) is 0 Å². The Hall–Kier alpha value is -1.55. The predicted molar refractivity (Wildman–Crippen MR) is 66.2 cm³/mol. The third-order valence-corrected chi connectivity index (χ3v) is 2.14. The molecule has 1 rings (SSSR count). The zero-order chi connectivity index (χ0) is 12.5. The van der Waals surface area contributed by atoms with E-state index in [2.05, 4.69) is 5.32 Å². The van der Waals surface area contributed by atoms with Crippen molar-refractivity contribution in [2.75, 3.05) is 26.3 Å². The van der Waals surface area contributed by atoms with Crippen LogP contribution in [0.3, 0.4) is 0 Å². The molecule has 4 nitrogen and oxygen atoms in total. The zero-order valence-corrected chi connectivity index (χ0v) is 10.4. The molecule has 4 heteroatoms. The molecule has 1 aromatic rings. The van der Waals surface area contributed by atoms with Crippen LogP contribution in [0.4, 0.5) is 0 Å². The summed E-state index contributed by atoms with van der Waals surface area (Å²) in [5.74, 6) is 0.608. The minimum atomic E-state index is -0.233. The fourth-order valence-electron chi connectivity index (χ4n) is 1.28. The fourth-order valence-corrected chi connectivity index (χ4v) is 1.28. The number of rotatable bonds is 7. The second-order valence-corrected chi connectivity index (χ2v) is 3.64. The van der Waals surface area contributed by atoms with Crippen LogP contribution in [0.1, 0.15) is 12.5 Å². The van der Waals surface area contributed by atoms with Crippen LogP contribution in [0.25, 0.3) is 0 Å². The Labute approximate surface area is 102 Å². The summed E-state index contributed by atoms with van der Waals surface area (Å²) < 4.78 is 10.3. The lowest BCUT2D eigenvalue weighted by Crippen LogP contribution is -2.28. The van der Waals surface area contributed by atoms with E-state index in [0.29, 0.717) is 19.8 Å². The van der Waals surface area contributed by atoms with E-state index >= 15 is 0 Å². The first-order valence-electron chi connectivity index (χ1n) is 5.78. The number of carbonyl (C=O) groups excluding carboxylic acids is 1. The van der Waals surface area contributed by atoms with Crippen molar-refractivity contribution in [1.29, 1.82) is 0 Å². The topological polar surface area (TPSA) is 47.6 Å². The van der Waals surface area contributed by atoms with Crippen LogP contribution in [-0.4, -0.2) is 32.3 Å². The molecule has 0 heterocycles. The maximum Gasteiger partial charge on any atom is 0.319 e. The molecule has 0 aliphatic rings. The fraction of sp³-hybridized carbons (Fsp3) is 0.462. The van der Waals surface area contributed by atoms with E-state index in [-0.39, 0.29) is 12.5 Å². The number of benzene rings is 1. The molecule has 0 fully saturated rings. The zero-order valence-electron chi connectivity index (χ0n) is 10.4. The lowest BCUT2D eigenvalue weighted by atomic mass is 10.2. The summed E-state index contributed by atoms with van der Waals surface area (Å²) in [6.45, 7) is 5.61. The number of esters is 1. The Morgan fingerprint density at radius 1 is 1.29 bits per heavy atom. The van der Waals surface area contributed by atoms with Crippen LogP contribution >= 0.6 is 0 Å². The molecule has 1 aromatic carbocycles. The highest BCUT2D eigenvalue weighted by Gasteiger charge is 1.99. The average Bonchev–Trinajstić information content (AvgIpc) is 2.31. The molecule has 0 saturated carbocycles. The number of ether oxygens (including phenoxy) is 2. The maximum atomic E-state index is 11.0. The molecule has 0 atom stereocenters. The van der Waals surface area contributed by atoms with Crippen molar-refractivity contribution in [1.82, 2.24) is 5.32 Å². The molecular formula is C13H19NO3. The lowest BCUT2D eigenvalue weighted by molar-refractivity contribution is -0.142. The van der Waals surface area contributed by atoms with Gasteiger partial charge in [-0.1, -0.05) is 17.7 Å². The lowest BCUT2D eigenvalue weighted by Gasteiger charge is -2.07. The first-order valence-corrected chi connectivity index (χ1v) is 5.78. The number of hydrogen-bond acceptors (Lipinski definition) is 4. The number of carbonyl (C=O) groups is 1. The van der Waals surface area contributed by atoms with Gasteiger partial charge < -0.3 is 14.8 Å². The van der Waals surface area contributed by atoms with Crippen LogP contribution in [0.5, 0.6) is 5.75 Å². The maximum absolute atomic E-state index is 11.0. The van der Waals surface area contributed by atoms with Crippen molar-refractivity contribution < 1.29 is 14.3 Å². The first kappa shape index (κ1) is 13.5. The SMILES string of the molecule is CCOC(=O)CNCCOc1ccc(C)cc1. The van der Waals surface area contributed by atoms with Gasteiger partial charge in [0.2, 0.25) is 0 Å². The summed E-state index contributed by atoms with van der Waals surface area (Å²) in [5, 5.41) is 2.95. The van der Waals surface area contributed by atoms with Crippen LogP contribution in [0.2, 0.25) is 0 Å². The van der Waals surface area contributed by atoms with E-state index < -0.39 is 0 Å². The molecule has 0 aliphatic heterocycles. The normalized spacial score (nSPS) is 10.0. The van der Waals surface area contributed by atoms with Crippen molar-refractivity contribution >= 4 is 5.97 Å². The van der Waals surface area contributed by atoms with Crippen molar-refractivity contribution in [2.45, 2.75) is 13.8 Å². The van der Waals surface area contributed by atoms with Gasteiger partial charge in [0.25, 0.3) is 0 Å². The van der Waals surface area contributed by atoms with Gasteiger partial charge in [0, 0.05) is 6.54 Å². The monoisotopic (exact) mass is 237 g/mol. The highest BCUT2D eigenvalue weighted by Crippen LogP contribution is 2.10. The number of hydrogen-bond donors (Lipinski definition) is 1. The highest BCUT2D eigenvalue weighted by atomic mass is 16.5. The quantitative estimate of drug-likeness (QED) is 0.577. The van der Waals surface area contributed by atoms with Gasteiger partial charge in [0.1, 0.15) is 12.4 Å². The third-order valence-electron chi connectivity index (χ3n) is 2.14. The van der Waals surface area contributed by atoms with E-state index in [1.54, 1.807) is 6.92 Å². The number of aryl methyl sites for hydroxylation is 1. The second-order valence-electron chi connectivity index (χ2n) is 3.64. The van der Waals surface area contributed by atoms with Crippen molar-refractivity contribution in [3.8, 4) is 5.75 Å². The summed E-state index contributed by atoms with van der Waals surface area (Å²) in [6, 6.07) is 7.87. The van der Waals surface area contributed by atoms with Gasteiger partial charge in [-0.25, -0.2) is 0 Å². The Kier molecular flexibility index (Phi) is 6.10. The van der Waals surface area contributed by atoms with Gasteiger partial charge in [0.15, 0.2) is 0 Å². The Balaban J connectivity index is 2.08. The average molecular weight is 237 g/mol. The smallest absolute Gasteiger partial charge is 0.319 e. The molecule has 0 radical (unpaired) electrons. The third kappa shape index (κ3) is 5.92. The van der Waals surface area contributed by atoms with Gasteiger partial charge >= 0.3 is 5.97 Å². The summed E-state index contributed by atoms with van der Waals surface area (Å²) in [5.41, 5.74) is 1.21. The molecule has 0 unspecified atom stereocenters. The van der Waals surface area contributed by atoms with Crippen molar-refractivity contribution in [3.63, 3.8) is 0 Å². The molecule has 0 bridgehead atoms. The molecule has 17 heavy (non-hydrogen) atoms. The molecular weight excluding hydrogens is 218 g/mol. The first-order chi connectivity index (χ1) is 8.22.